The second kappa shape index (κ2) is 8.27. The van der Waals surface area contributed by atoms with Crippen molar-refractivity contribution in [2.75, 3.05) is 33.9 Å². The Labute approximate surface area is 182 Å². The summed E-state index contributed by atoms with van der Waals surface area (Å²) < 4.78 is 6.10. The summed E-state index contributed by atoms with van der Waals surface area (Å²) in [7, 11) is 4.16. The summed E-state index contributed by atoms with van der Waals surface area (Å²) in [6.45, 7) is 11.2. The first-order valence-electron chi connectivity index (χ1n) is 11.8. The molecule has 2 fully saturated rings. The maximum absolute atomic E-state index is 9.92. The number of aryl methyl sites for hydroxylation is 1. The Morgan fingerprint density at radius 1 is 1.27 bits per heavy atom. The lowest BCUT2D eigenvalue weighted by molar-refractivity contribution is -0.0212. The average molecular weight is 413 g/mol. The first-order chi connectivity index (χ1) is 14.3. The summed E-state index contributed by atoms with van der Waals surface area (Å²) in [5.41, 5.74) is 2.99. The van der Waals surface area contributed by atoms with Gasteiger partial charge in [0.2, 0.25) is 0 Å². The van der Waals surface area contributed by atoms with Crippen molar-refractivity contribution >= 4 is 6.72 Å². The maximum Gasteiger partial charge on any atom is 0.115 e. The fourth-order valence-corrected chi connectivity index (χ4v) is 7.37. The van der Waals surface area contributed by atoms with Crippen molar-refractivity contribution in [2.45, 2.75) is 63.8 Å². The smallest absolute Gasteiger partial charge is 0.115 e. The van der Waals surface area contributed by atoms with E-state index in [1.54, 1.807) is 0 Å². The van der Waals surface area contributed by atoms with Crippen molar-refractivity contribution in [3.05, 3.63) is 29.3 Å². The molecule has 166 valence electrons. The zero-order valence-electron chi connectivity index (χ0n) is 19.4. The second-order valence-electron chi connectivity index (χ2n) is 10.8. The quantitative estimate of drug-likeness (QED) is 0.512. The van der Waals surface area contributed by atoms with Crippen molar-refractivity contribution in [3.63, 3.8) is 0 Å². The van der Waals surface area contributed by atoms with Crippen LogP contribution < -0.4 is 0 Å². The molecule has 30 heavy (non-hydrogen) atoms. The number of aromatic hydroxyl groups is 1. The number of rotatable bonds is 7. The van der Waals surface area contributed by atoms with Gasteiger partial charge in [0.05, 0.1) is 18.8 Å². The molecular weight excluding hydrogens is 372 g/mol. The van der Waals surface area contributed by atoms with Gasteiger partial charge in [0.1, 0.15) is 5.75 Å². The number of phenols is 1. The van der Waals surface area contributed by atoms with E-state index in [-0.39, 0.29) is 5.54 Å². The van der Waals surface area contributed by atoms with Crippen molar-refractivity contribution in [3.8, 4) is 5.75 Å². The van der Waals surface area contributed by atoms with Crippen molar-refractivity contribution < 1.29 is 9.84 Å². The highest BCUT2D eigenvalue weighted by molar-refractivity contribution is 5.40. The third-order valence-corrected chi connectivity index (χ3v) is 8.90. The summed E-state index contributed by atoms with van der Waals surface area (Å²) in [6.07, 6.45) is 7.41. The molecule has 4 nitrogen and oxygen atoms in total. The number of fused-ring (bicyclic) bond motifs is 5. The standard InChI is InChI=1S/C26H40N2O2/c1-25-13-12-21-20-9-7-19(29)16-18(20)6-8-22(21)23(25)10-11-24(25)26(2,27-3)17-30-15-14-28(4)5/h7,9,16,21-24,29H,3,6,8,10-15,17H2,1-2,4-5H3/t21?,22?,23?,24-,25?,26+/m0/s1. The van der Waals surface area contributed by atoms with Crippen molar-refractivity contribution in [1.82, 2.24) is 4.90 Å². The van der Waals surface area contributed by atoms with E-state index >= 15 is 0 Å². The molecule has 4 heteroatoms. The van der Waals surface area contributed by atoms with Gasteiger partial charge in [0.15, 0.2) is 0 Å². The lowest BCUT2D eigenvalue weighted by atomic mass is 9.52. The first-order valence-corrected chi connectivity index (χ1v) is 11.8. The van der Waals surface area contributed by atoms with Crippen LogP contribution in [0.3, 0.4) is 0 Å². The first kappa shape index (κ1) is 21.8. The number of nitrogens with zero attached hydrogens (tertiary/aromatic N) is 2. The zero-order valence-corrected chi connectivity index (χ0v) is 19.4. The van der Waals surface area contributed by atoms with E-state index in [0.717, 1.165) is 31.4 Å². The van der Waals surface area contributed by atoms with E-state index in [0.29, 0.717) is 29.6 Å². The molecule has 0 radical (unpaired) electrons. The fourth-order valence-electron chi connectivity index (χ4n) is 7.37. The minimum Gasteiger partial charge on any atom is -0.508 e. The molecule has 0 spiro atoms. The Morgan fingerprint density at radius 2 is 2.07 bits per heavy atom. The Balaban J connectivity index is 1.52. The van der Waals surface area contributed by atoms with Crippen LogP contribution in [0, 0.1) is 23.2 Å². The highest BCUT2D eigenvalue weighted by Crippen LogP contribution is 2.65. The Bertz CT molecular complexity index is 778. The molecule has 3 aliphatic carbocycles. The van der Waals surface area contributed by atoms with Gasteiger partial charge < -0.3 is 14.7 Å². The zero-order chi connectivity index (χ0) is 21.5. The topological polar surface area (TPSA) is 45.1 Å². The molecule has 0 saturated heterocycles. The summed E-state index contributed by atoms with van der Waals surface area (Å²) in [5, 5.41) is 9.92. The minimum atomic E-state index is -0.207. The molecule has 0 aliphatic heterocycles. The van der Waals surface area contributed by atoms with Crippen molar-refractivity contribution in [1.29, 1.82) is 0 Å². The lowest BCUT2D eigenvalue weighted by Crippen LogP contribution is -2.49. The number of hydrogen-bond acceptors (Lipinski definition) is 4. The van der Waals surface area contributed by atoms with Crippen LogP contribution in [0.1, 0.15) is 63.0 Å². The van der Waals surface area contributed by atoms with Gasteiger partial charge in [-0.3, -0.25) is 4.99 Å². The summed E-state index contributed by atoms with van der Waals surface area (Å²) in [5.74, 6) is 3.12. The fraction of sp³-hybridized carbons (Fsp3) is 0.731. The Morgan fingerprint density at radius 3 is 2.80 bits per heavy atom. The van der Waals surface area contributed by atoms with Crippen LogP contribution in [0.4, 0.5) is 0 Å². The van der Waals surface area contributed by atoms with Gasteiger partial charge in [-0.05, 0) is 119 Å². The van der Waals surface area contributed by atoms with Gasteiger partial charge in [-0.15, -0.1) is 0 Å². The summed E-state index contributed by atoms with van der Waals surface area (Å²) >= 11 is 0. The molecule has 1 aromatic carbocycles. The summed E-state index contributed by atoms with van der Waals surface area (Å²) in [4.78, 5) is 6.85. The number of likely N-dealkylation sites (N-methyl/N-ethyl adjacent to an activating group) is 1. The number of hydrogen-bond donors (Lipinski definition) is 1. The van der Waals surface area contributed by atoms with Crippen LogP contribution in [0.25, 0.3) is 0 Å². The van der Waals surface area contributed by atoms with Crippen molar-refractivity contribution in [2.24, 2.45) is 28.2 Å². The van der Waals surface area contributed by atoms with E-state index in [2.05, 4.69) is 50.6 Å². The molecule has 0 amide bonds. The number of aliphatic imine (C=N–C) groups is 1. The maximum atomic E-state index is 9.92. The molecule has 4 rings (SSSR count). The highest BCUT2D eigenvalue weighted by atomic mass is 16.5. The van der Waals surface area contributed by atoms with Gasteiger partial charge in [0, 0.05) is 6.54 Å². The second-order valence-corrected chi connectivity index (χ2v) is 10.8. The number of ether oxygens (including phenoxy) is 1. The normalized spacial score (nSPS) is 34.7. The van der Waals surface area contributed by atoms with E-state index in [4.69, 9.17) is 4.74 Å². The molecule has 4 unspecified atom stereocenters. The predicted octanol–water partition coefficient (Wildman–Crippen LogP) is 4.90. The molecule has 1 N–H and O–H groups in total. The van der Waals surface area contributed by atoms with Gasteiger partial charge >= 0.3 is 0 Å². The third-order valence-electron chi connectivity index (χ3n) is 8.90. The van der Waals surface area contributed by atoms with E-state index in [1.165, 1.54) is 43.2 Å². The highest BCUT2D eigenvalue weighted by Gasteiger charge is 2.58. The number of phenolic OH excluding ortho intramolecular Hbond substituents is 1. The van der Waals surface area contributed by atoms with Gasteiger partial charge in [-0.1, -0.05) is 13.0 Å². The predicted molar refractivity (Wildman–Crippen MR) is 124 cm³/mol. The molecule has 0 aromatic heterocycles. The minimum absolute atomic E-state index is 0.207. The van der Waals surface area contributed by atoms with Crippen LogP contribution >= 0.6 is 0 Å². The Hall–Kier alpha value is -1.39. The monoisotopic (exact) mass is 412 g/mol. The van der Waals surface area contributed by atoms with Gasteiger partial charge in [-0.2, -0.15) is 0 Å². The van der Waals surface area contributed by atoms with Crippen LogP contribution in [-0.2, 0) is 11.2 Å². The largest absolute Gasteiger partial charge is 0.508 e. The van der Waals surface area contributed by atoms with Crippen LogP contribution in [0.5, 0.6) is 5.75 Å². The third kappa shape index (κ3) is 3.71. The molecule has 3 aliphatic rings. The molecule has 0 bridgehead atoms. The molecule has 2 saturated carbocycles. The van der Waals surface area contributed by atoms with E-state index in [9.17, 15) is 5.11 Å². The van der Waals surface area contributed by atoms with Gasteiger partial charge in [-0.25, -0.2) is 0 Å². The Kier molecular flexibility index (Phi) is 6.02. The molecule has 6 atom stereocenters. The SMILES string of the molecule is C=N[C@](C)(COCCN(C)C)[C@H]1CCC2C3CCc4cc(O)ccc4C3CCC21C. The molecule has 0 heterocycles. The van der Waals surface area contributed by atoms with Crippen LogP contribution in [0.15, 0.2) is 23.2 Å². The van der Waals surface area contributed by atoms with Crippen LogP contribution in [0.2, 0.25) is 0 Å². The van der Waals surface area contributed by atoms with E-state index in [1.807, 2.05) is 12.1 Å². The van der Waals surface area contributed by atoms with E-state index < -0.39 is 0 Å². The van der Waals surface area contributed by atoms with Gasteiger partial charge in [0.25, 0.3) is 0 Å². The molecule has 1 aromatic rings. The average Bonchev–Trinajstić information content (AvgIpc) is 3.08. The van der Waals surface area contributed by atoms with Crippen LogP contribution in [-0.4, -0.2) is 56.1 Å². The number of benzene rings is 1. The lowest BCUT2D eigenvalue weighted by Gasteiger charge is -2.53. The molecular formula is C26H40N2O2. The summed E-state index contributed by atoms with van der Waals surface area (Å²) in [6, 6.07) is 6.08.